The summed E-state index contributed by atoms with van der Waals surface area (Å²) in [6.45, 7) is 3.61. The van der Waals surface area contributed by atoms with Crippen molar-refractivity contribution >= 4 is 5.91 Å². The first-order chi connectivity index (χ1) is 9.49. The molecule has 0 radical (unpaired) electrons. The normalized spacial score (nSPS) is 32.5. The van der Waals surface area contributed by atoms with E-state index in [4.69, 9.17) is 10.5 Å². The third kappa shape index (κ3) is 3.53. The highest BCUT2D eigenvalue weighted by molar-refractivity contribution is 5.80. The van der Waals surface area contributed by atoms with Crippen molar-refractivity contribution in [3.63, 3.8) is 0 Å². The second-order valence-corrected chi connectivity index (χ2v) is 7.12. The van der Waals surface area contributed by atoms with Crippen LogP contribution in [0.5, 0.6) is 0 Å². The van der Waals surface area contributed by atoms with Crippen molar-refractivity contribution in [1.29, 1.82) is 0 Å². The maximum atomic E-state index is 12.5. The van der Waals surface area contributed by atoms with Gasteiger partial charge in [0.2, 0.25) is 5.91 Å². The summed E-state index contributed by atoms with van der Waals surface area (Å²) in [7, 11) is 1.74. The van der Waals surface area contributed by atoms with E-state index in [9.17, 15) is 4.79 Å². The number of hydrogen-bond acceptors (Lipinski definition) is 3. The largest absolute Gasteiger partial charge is 0.385 e. The quantitative estimate of drug-likeness (QED) is 0.785. The molecule has 20 heavy (non-hydrogen) atoms. The Hall–Kier alpha value is -0.610. The molecule has 4 heteroatoms. The second kappa shape index (κ2) is 6.44. The molecule has 0 aromatic rings. The Kier molecular flexibility index (Phi) is 5.08. The number of amides is 1. The van der Waals surface area contributed by atoms with Crippen LogP contribution in [0.4, 0.5) is 0 Å². The van der Waals surface area contributed by atoms with Crippen molar-refractivity contribution in [2.75, 3.05) is 20.3 Å². The van der Waals surface area contributed by atoms with Gasteiger partial charge in [0.05, 0.1) is 5.92 Å². The number of rotatable bonds is 6. The molecule has 2 unspecified atom stereocenters. The monoisotopic (exact) mass is 282 g/mol. The van der Waals surface area contributed by atoms with Crippen molar-refractivity contribution in [3.8, 4) is 0 Å². The highest BCUT2D eigenvalue weighted by atomic mass is 16.5. The zero-order valence-electron chi connectivity index (χ0n) is 13.0. The van der Waals surface area contributed by atoms with E-state index >= 15 is 0 Å². The van der Waals surface area contributed by atoms with E-state index in [2.05, 4.69) is 5.32 Å². The number of nitrogens with two attached hydrogens (primary N) is 1. The van der Waals surface area contributed by atoms with Gasteiger partial charge in [-0.3, -0.25) is 4.79 Å². The minimum Gasteiger partial charge on any atom is -0.385 e. The lowest BCUT2D eigenvalue weighted by atomic mass is 9.66. The predicted octanol–water partition coefficient (Wildman–Crippen LogP) is 2.22. The van der Waals surface area contributed by atoms with Gasteiger partial charge in [0.25, 0.3) is 0 Å². The molecular formula is C16H30N2O2. The Morgan fingerprint density at radius 2 is 2.05 bits per heavy atom. The fourth-order valence-electron chi connectivity index (χ4n) is 3.70. The van der Waals surface area contributed by atoms with Crippen LogP contribution in [0.2, 0.25) is 0 Å². The smallest absolute Gasteiger partial charge is 0.224 e. The average Bonchev–Trinajstić information content (AvgIpc) is 2.36. The van der Waals surface area contributed by atoms with Crippen molar-refractivity contribution in [2.24, 2.45) is 17.1 Å². The molecule has 0 aliphatic heterocycles. The summed E-state index contributed by atoms with van der Waals surface area (Å²) in [6.07, 6.45) is 8.91. The molecule has 2 aliphatic carbocycles. The van der Waals surface area contributed by atoms with E-state index in [1.165, 1.54) is 19.3 Å². The van der Waals surface area contributed by atoms with Crippen LogP contribution >= 0.6 is 0 Å². The molecule has 0 heterocycles. The Morgan fingerprint density at radius 1 is 1.30 bits per heavy atom. The van der Waals surface area contributed by atoms with Gasteiger partial charge in [-0.2, -0.15) is 0 Å². The van der Waals surface area contributed by atoms with E-state index in [0.29, 0.717) is 0 Å². The lowest BCUT2D eigenvalue weighted by Gasteiger charge is -2.43. The van der Waals surface area contributed by atoms with Gasteiger partial charge in [0.15, 0.2) is 0 Å². The maximum absolute atomic E-state index is 12.5. The van der Waals surface area contributed by atoms with Gasteiger partial charge in [0.1, 0.15) is 0 Å². The summed E-state index contributed by atoms with van der Waals surface area (Å²) in [6, 6.07) is 0. The molecule has 4 nitrogen and oxygen atoms in total. The Balaban J connectivity index is 1.84. The van der Waals surface area contributed by atoms with E-state index in [1.54, 1.807) is 7.11 Å². The fraction of sp³-hybridized carbons (Fsp3) is 0.938. The lowest BCUT2D eigenvalue weighted by molar-refractivity contribution is -0.129. The molecule has 116 valence electrons. The van der Waals surface area contributed by atoms with Crippen LogP contribution in [-0.4, -0.2) is 31.7 Å². The molecule has 2 rings (SSSR count). The second-order valence-electron chi connectivity index (χ2n) is 7.12. The van der Waals surface area contributed by atoms with Gasteiger partial charge in [0, 0.05) is 25.8 Å². The van der Waals surface area contributed by atoms with E-state index in [1.807, 2.05) is 6.92 Å². The molecule has 2 saturated carbocycles. The molecule has 0 aromatic heterocycles. The molecule has 1 amide bonds. The minimum atomic E-state index is -0.332. The standard InChI is InChI=1S/C16H30N2O2/c1-15(17)7-4-3-6-13(15)14(19)18-12-16(8-5-9-16)10-11-20-2/h13H,3-12,17H2,1-2H3,(H,18,19). The predicted molar refractivity (Wildman–Crippen MR) is 80.3 cm³/mol. The molecule has 2 atom stereocenters. The van der Waals surface area contributed by atoms with Gasteiger partial charge < -0.3 is 15.8 Å². The van der Waals surface area contributed by atoms with Crippen LogP contribution in [0, 0.1) is 11.3 Å². The van der Waals surface area contributed by atoms with Gasteiger partial charge >= 0.3 is 0 Å². The van der Waals surface area contributed by atoms with Crippen LogP contribution in [0.1, 0.15) is 58.3 Å². The third-order valence-corrected chi connectivity index (χ3v) is 5.46. The highest BCUT2D eigenvalue weighted by Crippen LogP contribution is 2.43. The van der Waals surface area contributed by atoms with Gasteiger partial charge in [-0.05, 0) is 44.4 Å². The highest BCUT2D eigenvalue weighted by Gasteiger charge is 2.40. The molecular weight excluding hydrogens is 252 g/mol. The first-order valence-corrected chi connectivity index (χ1v) is 8.05. The van der Waals surface area contributed by atoms with Gasteiger partial charge in [-0.1, -0.05) is 19.3 Å². The summed E-state index contributed by atoms with van der Waals surface area (Å²) < 4.78 is 5.20. The molecule has 0 bridgehead atoms. The molecule has 0 spiro atoms. The zero-order chi connectivity index (χ0) is 14.6. The van der Waals surface area contributed by atoms with Crippen molar-refractivity contribution < 1.29 is 9.53 Å². The minimum absolute atomic E-state index is 0.0178. The molecule has 3 N–H and O–H groups in total. The number of methoxy groups -OCH3 is 1. The molecule has 2 aliphatic rings. The Morgan fingerprint density at radius 3 is 2.60 bits per heavy atom. The number of carbonyl (C=O) groups is 1. The Bertz CT molecular complexity index is 337. The van der Waals surface area contributed by atoms with Crippen LogP contribution in [0.3, 0.4) is 0 Å². The summed E-state index contributed by atoms with van der Waals surface area (Å²) in [5, 5.41) is 3.19. The van der Waals surface area contributed by atoms with Gasteiger partial charge in [-0.25, -0.2) is 0 Å². The summed E-state index contributed by atoms with van der Waals surface area (Å²) in [5.41, 5.74) is 6.26. The number of ether oxygens (including phenoxy) is 1. The summed E-state index contributed by atoms with van der Waals surface area (Å²) >= 11 is 0. The summed E-state index contributed by atoms with van der Waals surface area (Å²) in [4.78, 5) is 12.5. The van der Waals surface area contributed by atoms with E-state index < -0.39 is 0 Å². The third-order valence-electron chi connectivity index (χ3n) is 5.46. The van der Waals surface area contributed by atoms with Crippen molar-refractivity contribution in [1.82, 2.24) is 5.32 Å². The van der Waals surface area contributed by atoms with Crippen LogP contribution in [0.25, 0.3) is 0 Å². The van der Waals surface area contributed by atoms with Gasteiger partial charge in [-0.15, -0.1) is 0 Å². The zero-order valence-corrected chi connectivity index (χ0v) is 13.0. The molecule has 0 saturated heterocycles. The SMILES string of the molecule is COCCC1(CNC(=O)C2CCCCC2(C)N)CCC1. The van der Waals surface area contributed by atoms with Crippen LogP contribution in [0.15, 0.2) is 0 Å². The molecule has 2 fully saturated rings. The first-order valence-electron chi connectivity index (χ1n) is 8.05. The van der Waals surface area contributed by atoms with Crippen LogP contribution in [-0.2, 0) is 9.53 Å². The fourth-order valence-corrected chi connectivity index (χ4v) is 3.70. The summed E-state index contributed by atoms with van der Waals surface area (Å²) in [5.74, 6) is 0.147. The van der Waals surface area contributed by atoms with E-state index in [-0.39, 0.29) is 22.8 Å². The topological polar surface area (TPSA) is 64.3 Å². The lowest BCUT2D eigenvalue weighted by Crippen LogP contribution is -2.54. The number of hydrogen-bond donors (Lipinski definition) is 2. The molecule has 0 aromatic carbocycles. The first kappa shape index (κ1) is 15.8. The maximum Gasteiger partial charge on any atom is 0.224 e. The van der Waals surface area contributed by atoms with E-state index in [0.717, 1.165) is 45.3 Å². The van der Waals surface area contributed by atoms with Crippen LogP contribution < -0.4 is 11.1 Å². The number of carbonyl (C=O) groups excluding carboxylic acids is 1. The Labute approximate surface area is 122 Å². The average molecular weight is 282 g/mol. The van der Waals surface area contributed by atoms with Crippen molar-refractivity contribution in [2.45, 2.75) is 63.8 Å². The number of nitrogens with one attached hydrogen (secondary N) is 1. The van der Waals surface area contributed by atoms with Crippen molar-refractivity contribution in [3.05, 3.63) is 0 Å².